The molecule has 3 atom stereocenters. The average molecular weight is 352 g/mol. The van der Waals surface area contributed by atoms with E-state index in [0.717, 1.165) is 23.3 Å². The first kappa shape index (κ1) is 16.9. The highest BCUT2D eigenvalue weighted by Crippen LogP contribution is 2.45. The predicted octanol–water partition coefficient (Wildman–Crippen LogP) is 3.21. The summed E-state index contributed by atoms with van der Waals surface area (Å²) in [4.78, 5) is 14.9. The van der Waals surface area contributed by atoms with Gasteiger partial charge >= 0.3 is 0 Å². The SMILES string of the molecule is COc1cc2c(cc1OC)[C@@H]1CC(=O)N[C@H](c3ccccc3)N1[C@H](C)C2. The number of fused-ring (bicyclic) bond motifs is 3. The van der Waals surface area contributed by atoms with E-state index in [2.05, 4.69) is 35.3 Å². The summed E-state index contributed by atoms with van der Waals surface area (Å²) < 4.78 is 11.0. The molecular formula is C21H24N2O3. The van der Waals surface area contributed by atoms with Gasteiger partial charge < -0.3 is 14.8 Å². The van der Waals surface area contributed by atoms with Gasteiger partial charge in [-0.2, -0.15) is 0 Å². The van der Waals surface area contributed by atoms with Gasteiger partial charge in [0.25, 0.3) is 0 Å². The fourth-order valence-corrected chi connectivity index (χ4v) is 4.32. The minimum absolute atomic E-state index is 0.0347. The second kappa shape index (κ2) is 6.65. The van der Waals surface area contributed by atoms with Crippen LogP contribution in [0.4, 0.5) is 0 Å². The van der Waals surface area contributed by atoms with Crippen molar-refractivity contribution in [1.29, 1.82) is 0 Å². The van der Waals surface area contributed by atoms with Gasteiger partial charge in [0.1, 0.15) is 6.17 Å². The molecule has 26 heavy (non-hydrogen) atoms. The molecule has 2 aromatic rings. The molecule has 136 valence electrons. The maximum absolute atomic E-state index is 12.5. The summed E-state index contributed by atoms with van der Waals surface area (Å²) in [6, 6.07) is 14.6. The van der Waals surface area contributed by atoms with Gasteiger partial charge in [0.05, 0.1) is 14.2 Å². The van der Waals surface area contributed by atoms with Crippen LogP contribution in [-0.4, -0.2) is 31.1 Å². The Labute approximate surface area is 153 Å². The summed E-state index contributed by atoms with van der Waals surface area (Å²) in [6.07, 6.45) is 1.25. The molecule has 0 aliphatic carbocycles. The molecule has 2 heterocycles. The second-order valence-electron chi connectivity index (χ2n) is 7.01. The Hall–Kier alpha value is -2.53. The standard InChI is InChI=1S/C21H24N2O3/c1-13-9-15-10-18(25-2)19(26-3)11-16(15)17-12-20(24)22-21(23(13)17)14-7-5-4-6-8-14/h4-8,10-11,13,17,21H,9,12H2,1-3H3,(H,22,24)/t13-,17+,21+/m1/s1. The summed E-state index contributed by atoms with van der Waals surface area (Å²) in [6.45, 7) is 2.22. The van der Waals surface area contributed by atoms with Crippen LogP contribution in [0.2, 0.25) is 0 Å². The van der Waals surface area contributed by atoms with Crippen LogP contribution in [0.5, 0.6) is 11.5 Å². The fraction of sp³-hybridized carbons (Fsp3) is 0.381. The van der Waals surface area contributed by atoms with Crippen molar-refractivity contribution in [1.82, 2.24) is 10.2 Å². The van der Waals surface area contributed by atoms with Gasteiger partial charge in [-0.25, -0.2) is 0 Å². The molecule has 0 aromatic heterocycles. The Morgan fingerprint density at radius 1 is 1.04 bits per heavy atom. The Morgan fingerprint density at radius 2 is 1.73 bits per heavy atom. The normalized spacial score (nSPS) is 25.0. The van der Waals surface area contributed by atoms with E-state index in [1.807, 2.05) is 24.3 Å². The minimum atomic E-state index is -0.112. The van der Waals surface area contributed by atoms with Gasteiger partial charge in [-0.3, -0.25) is 9.69 Å². The predicted molar refractivity (Wildman–Crippen MR) is 99.2 cm³/mol. The van der Waals surface area contributed by atoms with Crippen molar-refractivity contribution in [2.45, 2.75) is 38.0 Å². The molecule has 1 saturated heterocycles. The molecule has 1 fully saturated rings. The van der Waals surface area contributed by atoms with E-state index >= 15 is 0 Å². The average Bonchev–Trinajstić information content (AvgIpc) is 2.67. The molecule has 0 bridgehead atoms. The van der Waals surface area contributed by atoms with Crippen LogP contribution in [0.15, 0.2) is 42.5 Å². The second-order valence-corrected chi connectivity index (χ2v) is 7.01. The van der Waals surface area contributed by atoms with Crippen molar-refractivity contribution in [3.8, 4) is 11.5 Å². The highest BCUT2D eigenvalue weighted by Gasteiger charge is 2.42. The Morgan fingerprint density at radius 3 is 2.42 bits per heavy atom. The third kappa shape index (κ3) is 2.72. The quantitative estimate of drug-likeness (QED) is 0.922. The Bertz CT molecular complexity index is 822. The number of nitrogens with one attached hydrogen (secondary N) is 1. The number of hydrogen-bond acceptors (Lipinski definition) is 4. The lowest BCUT2D eigenvalue weighted by molar-refractivity contribution is -0.131. The number of carbonyl (C=O) groups is 1. The molecule has 5 heteroatoms. The maximum atomic E-state index is 12.5. The molecule has 5 nitrogen and oxygen atoms in total. The van der Waals surface area contributed by atoms with Crippen molar-refractivity contribution in [3.63, 3.8) is 0 Å². The minimum Gasteiger partial charge on any atom is -0.493 e. The number of hydrogen-bond donors (Lipinski definition) is 1. The van der Waals surface area contributed by atoms with E-state index in [0.29, 0.717) is 18.2 Å². The first-order valence-electron chi connectivity index (χ1n) is 8.99. The third-order valence-corrected chi connectivity index (χ3v) is 5.48. The molecule has 1 amide bonds. The topological polar surface area (TPSA) is 50.8 Å². The molecule has 1 N–H and O–H groups in total. The van der Waals surface area contributed by atoms with E-state index in [9.17, 15) is 4.79 Å². The van der Waals surface area contributed by atoms with Crippen molar-refractivity contribution < 1.29 is 14.3 Å². The largest absolute Gasteiger partial charge is 0.493 e. The van der Waals surface area contributed by atoms with Crippen LogP contribution in [0.25, 0.3) is 0 Å². The van der Waals surface area contributed by atoms with Crippen LogP contribution in [0.3, 0.4) is 0 Å². The number of amides is 1. The number of methoxy groups -OCH3 is 2. The number of ether oxygens (including phenoxy) is 2. The van der Waals surface area contributed by atoms with Gasteiger partial charge in [-0.1, -0.05) is 30.3 Å². The van der Waals surface area contributed by atoms with Crippen LogP contribution in [-0.2, 0) is 11.2 Å². The van der Waals surface area contributed by atoms with Gasteiger partial charge in [-0.05, 0) is 42.2 Å². The lowest BCUT2D eigenvalue weighted by Gasteiger charge is -2.49. The van der Waals surface area contributed by atoms with E-state index in [-0.39, 0.29) is 18.1 Å². The van der Waals surface area contributed by atoms with Crippen molar-refractivity contribution >= 4 is 5.91 Å². The molecule has 2 aliphatic rings. The van der Waals surface area contributed by atoms with E-state index in [4.69, 9.17) is 9.47 Å². The molecule has 0 spiro atoms. The summed E-state index contributed by atoms with van der Waals surface area (Å²) in [5.74, 6) is 1.53. The monoisotopic (exact) mass is 352 g/mol. The summed E-state index contributed by atoms with van der Waals surface area (Å²) in [7, 11) is 3.30. The number of nitrogens with zero attached hydrogens (tertiary/aromatic N) is 1. The third-order valence-electron chi connectivity index (χ3n) is 5.48. The molecule has 0 unspecified atom stereocenters. The zero-order valence-corrected chi connectivity index (χ0v) is 15.4. The van der Waals surface area contributed by atoms with Gasteiger partial charge in [0.2, 0.25) is 5.91 Å². The zero-order valence-electron chi connectivity index (χ0n) is 15.4. The van der Waals surface area contributed by atoms with Crippen molar-refractivity contribution in [2.75, 3.05) is 14.2 Å². The lowest BCUT2D eigenvalue weighted by Crippen LogP contribution is -2.55. The van der Waals surface area contributed by atoms with Gasteiger partial charge in [-0.15, -0.1) is 0 Å². The van der Waals surface area contributed by atoms with Crippen molar-refractivity contribution in [2.24, 2.45) is 0 Å². The molecule has 2 aromatic carbocycles. The molecule has 2 aliphatic heterocycles. The Balaban J connectivity index is 1.80. The Kier molecular flexibility index (Phi) is 4.32. The highest BCUT2D eigenvalue weighted by atomic mass is 16.5. The van der Waals surface area contributed by atoms with E-state index < -0.39 is 0 Å². The van der Waals surface area contributed by atoms with Gasteiger partial charge in [0.15, 0.2) is 11.5 Å². The molecule has 4 rings (SSSR count). The fourth-order valence-electron chi connectivity index (χ4n) is 4.32. The lowest BCUT2D eigenvalue weighted by atomic mass is 9.84. The molecule has 0 saturated carbocycles. The van der Waals surface area contributed by atoms with Crippen LogP contribution >= 0.6 is 0 Å². The van der Waals surface area contributed by atoms with E-state index in [1.54, 1.807) is 14.2 Å². The number of benzene rings is 2. The highest BCUT2D eigenvalue weighted by molar-refractivity contribution is 5.78. The zero-order chi connectivity index (χ0) is 18.3. The number of carbonyl (C=O) groups excluding carboxylic acids is 1. The molecule has 0 radical (unpaired) electrons. The number of rotatable bonds is 3. The summed E-state index contributed by atoms with van der Waals surface area (Å²) in [5, 5.41) is 3.18. The van der Waals surface area contributed by atoms with Crippen LogP contribution < -0.4 is 14.8 Å². The first-order valence-corrected chi connectivity index (χ1v) is 8.99. The van der Waals surface area contributed by atoms with Gasteiger partial charge in [0, 0.05) is 18.5 Å². The smallest absolute Gasteiger partial charge is 0.223 e. The van der Waals surface area contributed by atoms with Crippen molar-refractivity contribution in [3.05, 3.63) is 59.2 Å². The maximum Gasteiger partial charge on any atom is 0.223 e. The first-order chi connectivity index (χ1) is 12.6. The van der Waals surface area contributed by atoms with Crippen LogP contribution in [0.1, 0.15) is 42.2 Å². The summed E-state index contributed by atoms with van der Waals surface area (Å²) >= 11 is 0. The van der Waals surface area contributed by atoms with Crippen LogP contribution in [0, 0.1) is 0 Å². The molecular weight excluding hydrogens is 328 g/mol. The summed E-state index contributed by atoms with van der Waals surface area (Å²) in [5.41, 5.74) is 3.51. The van der Waals surface area contributed by atoms with E-state index in [1.165, 1.54) is 5.56 Å².